The smallest absolute Gasteiger partial charge is 0.323 e. The molecule has 16 heteroatoms. The number of amides is 1. The maximum Gasteiger partial charge on any atom is 0.416 e. The highest BCUT2D eigenvalue weighted by Gasteiger charge is 3.02. The lowest BCUT2D eigenvalue weighted by Crippen LogP contribution is -2.86. The fourth-order valence-electron chi connectivity index (χ4n) is 2.50. The molecule has 0 unspecified atom stereocenters. The fourth-order valence-corrected chi connectivity index (χ4v) is 2.50. The fraction of sp³-hybridized carbons (Fsp3) is 0.500. The lowest BCUT2D eigenvalue weighted by Gasteiger charge is -2.51. The molecule has 1 aromatic carbocycles. The average molecular weight is 469 g/mol. The van der Waals surface area contributed by atoms with Crippen molar-refractivity contribution in [3.63, 3.8) is 0 Å². The zero-order valence-electron chi connectivity index (χ0n) is 13.5. The first kappa shape index (κ1) is 24.0. The zero-order valence-corrected chi connectivity index (χ0v) is 13.5. The molecule has 2 rings (SSSR count). The number of rotatable bonds is 2. The Morgan fingerprint density at radius 3 is 1.50 bits per heavy atom. The molecule has 1 saturated carbocycles. The summed E-state index contributed by atoms with van der Waals surface area (Å²) in [5, 5.41) is 0.593. The Balaban J connectivity index is 2.64. The van der Waals surface area contributed by atoms with Crippen LogP contribution in [0.15, 0.2) is 24.3 Å². The van der Waals surface area contributed by atoms with Crippen LogP contribution in [0.25, 0.3) is 0 Å². The Morgan fingerprint density at radius 2 is 1.10 bits per heavy atom. The predicted molar refractivity (Wildman–Crippen MR) is 68.6 cm³/mol. The number of alkyl halides is 14. The first-order chi connectivity index (χ1) is 13.1. The van der Waals surface area contributed by atoms with Crippen molar-refractivity contribution < 1.29 is 66.3 Å². The van der Waals surface area contributed by atoms with E-state index in [1.165, 1.54) is 0 Å². The summed E-state index contributed by atoms with van der Waals surface area (Å²) in [5.41, 5.74) is -10.1. The Hall–Kier alpha value is -2.29. The third kappa shape index (κ3) is 2.60. The van der Waals surface area contributed by atoms with Crippen LogP contribution < -0.4 is 5.32 Å². The van der Waals surface area contributed by atoms with E-state index in [0.717, 1.165) is 0 Å². The zero-order chi connectivity index (χ0) is 23.8. The van der Waals surface area contributed by atoms with Gasteiger partial charge in [-0.05, 0) is 18.2 Å². The summed E-state index contributed by atoms with van der Waals surface area (Å²) in [6.45, 7) is 0. The number of carbonyl (C=O) groups is 1. The standard InChI is InChI=1S/C14H5F14NO/c15-8(7(30)29-6-3-1-2-5(4-6)9(16,17)18)10(19,20)12(23,24)14(27,28)13(25,26)11(8,21)22/h1-4H,(H,29,30). The van der Waals surface area contributed by atoms with E-state index in [0.29, 0.717) is 17.4 Å². The van der Waals surface area contributed by atoms with Gasteiger partial charge in [0.2, 0.25) is 0 Å². The highest BCUT2D eigenvalue weighted by atomic mass is 19.4. The van der Waals surface area contributed by atoms with Crippen molar-refractivity contribution in [2.24, 2.45) is 0 Å². The number of hydrogen-bond donors (Lipinski definition) is 1. The van der Waals surface area contributed by atoms with Crippen molar-refractivity contribution >= 4 is 11.6 Å². The van der Waals surface area contributed by atoms with Crippen molar-refractivity contribution in [1.82, 2.24) is 0 Å². The molecule has 1 N–H and O–H groups in total. The van der Waals surface area contributed by atoms with Gasteiger partial charge < -0.3 is 5.32 Å². The van der Waals surface area contributed by atoms with E-state index in [-0.39, 0.29) is 12.1 Å². The minimum absolute atomic E-state index is 0.175. The summed E-state index contributed by atoms with van der Waals surface area (Å²) in [6.07, 6.45) is -5.19. The van der Waals surface area contributed by atoms with Crippen LogP contribution in [0.4, 0.5) is 67.2 Å². The van der Waals surface area contributed by atoms with Gasteiger partial charge in [0.1, 0.15) is 0 Å². The van der Waals surface area contributed by atoms with Gasteiger partial charge in [-0.1, -0.05) is 6.07 Å². The van der Waals surface area contributed by atoms with Crippen LogP contribution in [0.3, 0.4) is 0 Å². The van der Waals surface area contributed by atoms with E-state index in [2.05, 4.69) is 0 Å². The molecule has 170 valence electrons. The molecule has 0 aliphatic heterocycles. The second-order valence-electron chi connectivity index (χ2n) is 6.06. The number of anilines is 1. The molecule has 0 heterocycles. The molecule has 0 radical (unpaired) electrons. The minimum atomic E-state index is -7.51. The Kier molecular flexibility index (Phi) is 4.89. The number of benzene rings is 1. The minimum Gasteiger partial charge on any atom is -0.323 e. The molecule has 30 heavy (non-hydrogen) atoms. The molecule has 0 atom stereocenters. The molecule has 1 aliphatic carbocycles. The van der Waals surface area contributed by atoms with Crippen molar-refractivity contribution in [1.29, 1.82) is 0 Å². The summed E-state index contributed by atoms with van der Waals surface area (Å²) in [4.78, 5) is 11.6. The van der Waals surface area contributed by atoms with Crippen LogP contribution >= 0.6 is 0 Å². The third-order valence-corrected chi connectivity index (χ3v) is 4.20. The first-order valence-electron chi connectivity index (χ1n) is 7.17. The molecule has 1 aromatic rings. The second kappa shape index (κ2) is 6.12. The van der Waals surface area contributed by atoms with Gasteiger partial charge >= 0.3 is 41.5 Å². The van der Waals surface area contributed by atoms with E-state index in [1.807, 2.05) is 0 Å². The Labute approximate surface area is 155 Å². The van der Waals surface area contributed by atoms with E-state index < -0.39 is 58.6 Å². The Bertz CT molecular complexity index is 828. The second-order valence-corrected chi connectivity index (χ2v) is 6.06. The summed E-state index contributed by atoms with van der Waals surface area (Å²) < 4.78 is 187. The quantitative estimate of drug-likeness (QED) is 0.567. The Morgan fingerprint density at radius 1 is 0.700 bits per heavy atom. The van der Waals surface area contributed by atoms with Crippen LogP contribution in [0.2, 0.25) is 0 Å². The summed E-state index contributed by atoms with van der Waals surface area (Å²) in [5.74, 6) is -41.1. The van der Waals surface area contributed by atoms with Crippen LogP contribution in [0.1, 0.15) is 5.56 Å². The summed E-state index contributed by atoms with van der Waals surface area (Å²) in [6, 6.07) is 0.858. The molecule has 0 spiro atoms. The predicted octanol–water partition coefficient (Wildman–Crippen LogP) is 5.54. The van der Waals surface area contributed by atoms with Crippen molar-refractivity contribution in [3.8, 4) is 0 Å². The topological polar surface area (TPSA) is 29.1 Å². The van der Waals surface area contributed by atoms with Crippen molar-refractivity contribution in [2.75, 3.05) is 5.32 Å². The third-order valence-electron chi connectivity index (χ3n) is 4.20. The molecule has 0 saturated heterocycles. The monoisotopic (exact) mass is 469 g/mol. The van der Waals surface area contributed by atoms with Gasteiger partial charge in [-0.2, -0.15) is 57.1 Å². The van der Waals surface area contributed by atoms with Crippen molar-refractivity contribution in [3.05, 3.63) is 29.8 Å². The molecule has 0 bridgehead atoms. The molecule has 1 amide bonds. The highest BCUT2D eigenvalue weighted by molar-refractivity contribution is 5.99. The number of hydrogen-bond acceptors (Lipinski definition) is 1. The maximum absolute atomic E-state index is 14.4. The molecule has 0 aromatic heterocycles. The van der Waals surface area contributed by atoms with E-state index >= 15 is 0 Å². The molecular formula is C14H5F14NO. The average Bonchev–Trinajstić information content (AvgIpc) is 2.58. The lowest BCUT2D eigenvalue weighted by molar-refractivity contribution is -0.475. The number of carbonyl (C=O) groups excluding carboxylic acids is 1. The van der Waals surface area contributed by atoms with Gasteiger partial charge in [0.05, 0.1) is 5.56 Å². The molecule has 1 aliphatic rings. The number of halogens is 14. The van der Waals surface area contributed by atoms with Gasteiger partial charge in [-0.15, -0.1) is 0 Å². The van der Waals surface area contributed by atoms with E-state index in [9.17, 15) is 66.3 Å². The number of nitrogens with one attached hydrogen (secondary N) is 1. The van der Waals surface area contributed by atoms with Crippen LogP contribution in [0, 0.1) is 0 Å². The van der Waals surface area contributed by atoms with Crippen LogP contribution in [-0.4, -0.2) is 41.2 Å². The first-order valence-corrected chi connectivity index (χ1v) is 7.17. The molecular weight excluding hydrogens is 464 g/mol. The maximum atomic E-state index is 14.4. The SMILES string of the molecule is O=C(Nc1cccc(C(F)(F)F)c1)C1(F)C(F)(F)C(F)(F)C(F)(F)C(F)(F)C1(F)F. The van der Waals surface area contributed by atoms with E-state index in [4.69, 9.17) is 0 Å². The van der Waals surface area contributed by atoms with E-state index in [1.54, 1.807) is 0 Å². The van der Waals surface area contributed by atoms with Gasteiger partial charge in [0.25, 0.3) is 5.91 Å². The molecule has 2 nitrogen and oxygen atoms in total. The normalized spacial score (nSPS) is 25.4. The van der Waals surface area contributed by atoms with Crippen LogP contribution in [0.5, 0.6) is 0 Å². The van der Waals surface area contributed by atoms with Gasteiger partial charge in [0, 0.05) is 5.69 Å². The van der Waals surface area contributed by atoms with Crippen LogP contribution in [-0.2, 0) is 11.0 Å². The van der Waals surface area contributed by atoms with Gasteiger partial charge in [-0.3, -0.25) is 4.79 Å². The van der Waals surface area contributed by atoms with Gasteiger partial charge in [0.15, 0.2) is 0 Å². The lowest BCUT2D eigenvalue weighted by atomic mass is 9.71. The van der Waals surface area contributed by atoms with Crippen molar-refractivity contribution in [2.45, 2.75) is 41.5 Å². The molecule has 1 fully saturated rings. The summed E-state index contributed by atoms with van der Waals surface area (Å²) >= 11 is 0. The largest absolute Gasteiger partial charge is 0.416 e. The highest BCUT2D eigenvalue weighted by Crippen LogP contribution is 2.69. The van der Waals surface area contributed by atoms with Gasteiger partial charge in [-0.25, -0.2) is 4.39 Å². The summed E-state index contributed by atoms with van der Waals surface area (Å²) in [7, 11) is 0.